The first-order chi connectivity index (χ1) is 68.0. The molecule has 4 heterocycles. The lowest BCUT2D eigenvalue weighted by molar-refractivity contribution is -0.174. The molecular formula is C115H134F8N4O8S8+4. The van der Waals surface area contributed by atoms with Gasteiger partial charge >= 0.3 is 47.6 Å². The van der Waals surface area contributed by atoms with Crippen molar-refractivity contribution < 1.29 is 73.2 Å². The van der Waals surface area contributed by atoms with Gasteiger partial charge in [-0.25, -0.2) is 19.2 Å². The van der Waals surface area contributed by atoms with Crippen LogP contribution in [-0.2, 0) is 81.7 Å². The average Bonchev–Trinajstić information content (AvgIpc) is 1.17. The summed E-state index contributed by atoms with van der Waals surface area (Å²) in [4.78, 5) is 66.5. The number of benzene rings is 12. The van der Waals surface area contributed by atoms with E-state index in [9.17, 15) is 54.3 Å². The lowest BCUT2D eigenvalue weighted by Gasteiger charge is -2.25. The Hall–Kier alpha value is -9.40. The van der Waals surface area contributed by atoms with Gasteiger partial charge in [0, 0.05) is 107 Å². The number of halogens is 8. The van der Waals surface area contributed by atoms with E-state index >= 15 is 0 Å². The molecule has 28 heteroatoms. The second-order valence-electron chi connectivity index (χ2n) is 35.5. The van der Waals surface area contributed by atoms with Crippen molar-refractivity contribution in [1.29, 1.82) is 0 Å². The van der Waals surface area contributed by atoms with Crippen LogP contribution in [0.1, 0.15) is 101 Å². The van der Waals surface area contributed by atoms with E-state index in [-0.39, 0.29) is 70.5 Å². The predicted molar refractivity (Wildman–Crippen MR) is 580 cm³/mol. The number of esters is 4. The highest BCUT2D eigenvalue weighted by molar-refractivity contribution is 8.00. The number of carbonyl (C=O) groups excluding carboxylic acids is 4. The summed E-state index contributed by atoms with van der Waals surface area (Å²) in [5.41, 5.74) is 15.7. The summed E-state index contributed by atoms with van der Waals surface area (Å²) in [5.74, 6) is -12.0. The topological polar surface area (TPSA) is 118 Å². The highest BCUT2D eigenvalue weighted by Gasteiger charge is 2.40. The first kappa shape index (κ1) is 117. The maximum Gasteiger partial charge on any atom is 0.377 e. The number of alkyl halides is 8. The van der Waals surface area contributed by atoms with E-state index in [0.29, 0.717) is 27.7 Å². The van der Waals surface area contributed by atoms with Crippen molar-refractivity contribution in [3.63, 3.8) is 0 Å². The second-order valence-corrected chi connectivity index (χ2v) is 48.2. The molecule has 762 valence electrons. The van der Waals surface area contributed by atoms with Crippen LogP contribution in [0.15, 0.2) is 350 Å². The molecule has 0 spiro atoms. The molecule has 0 aliphatic carbocycles. The summed E-state index contributed by atoms with van der Waals surface area (Å²) in [6.45, 7) is 32.4. The van der Waals surface area contributed by atoms with Gasteiger partial charge in [0.05, 0.1) is 43.6 Å². The van der Waals surface area contributed by atoms with E-state index in [1.165, 1.54) is 126 Å². The first-order valence-corrected chi connectivity index (χ1v) is 56.7. The maximum absolute atomic E-state index is 12.5. The molecule has 0 aromatic heterocycles. The molecule has 4 aliphatic rings. The van der Waals surface area contributed by atoms with Gasteiger partial charge in [0.1, 0.15) is 26.9 Å². The van der Waals surface area contributed by atoms with Crippen LogP contribution in [0.3, 0.4) is 0 Å². The third-order valence-corrected chi connectivity index (χ3v) is 35.0. The standard InChI is InChI=1S/4C21H21S.C9H15F2NO2S.C8H13F2NO2S.2C7H11F2NO2S/c4*1-16-4-10-19(11-5-16)22(20-12-6-17(2)7-13-20)21-14-8-18(3)9-15-21;1-9(10,11)8(13)14-7-12-3-2-5-15-6-4-12;1-8(9,10)7(12)13-6-11-2-4-14-5-3-11;2*1-7(8,9)6(11)12-4-10-2-3-13-5-10/h4*4-15H,1-3H3;2-7H2,1H3;2-6H2,1H3;2*2-5H2,1H3/q4*+1;;;;. The molecule has 12 aromatic carbocycles. The number of aryl methyl sites for hydroxylation is 12. The third kappa shape index (κ3) is 41.4. The minimum absolute atomic E-state index is 0.0250. The Morgan fingerprint density at radius 3 is 0.497 bits per heavy atom. The van der Waals surface area contributed by atoms with Gasteiger partial charge in [0.15, 0.2) is 58.7 Å². The SMILES string of the molecule is CC(F)(F)C(=O)OCN1CCCSCC1.CC(F)(F)C(=O)OCN1CCSC1.CC(F)(F)C(=O)OCN1CCSC1.CC(F)(F)C(=O)OCN1CCSCC1.Cc1ccc([S+](c2ccc(C)cc2)c2ccc(C)cc2)cc1.Cc1ccc([S+](c2ccc(C)cc2)c2ccc(C)cc2)cc1.Cc1ccc([S+](c2ccc(C)cc2)c2ccc(C)cc2)cc1.Cc1ccc([S+](c2ccc(C)cc2)c2ccc(C)cc2)cc1. The van der Waals surface area contributed by atoms with Gasteiger partial charge in [0.25, 0.3) is 0 Å². The normalized spacial score (nSPS) is 14.1. The number of carbonyl (C=O) groups is 4. The van der Waals surface area contributed by atoms with Crippen molar-refractivity contribution in [2.24, 2.45) is 0 Å². The summed E-state index contributed by atoms with van der Waals surface area (Å²) in [6.07, 6.45) is 1.00. The Morgan fingerprint density at radius 2 is 0.350 bits per heavy atom. The van der Waals surface area contributed by atoms with Crippen molar-refractivity contribution in [2.45, 2.75) is 200 Å². The Bertz CT molecular complexity index is 4770. The average molecular weight is 2110 g/mol. The van der Waals surface area contributed by atoms with Crippen LogP contribution in [0, 0.1) is 83.1 Å². The molecule has 0 unspecified atom stereocenters. The molecule has 0 saturated carbocycles. The van der Waals surface area contributed by atoms with Crippen LogP contribution in [0.25, 0.3) is 0 Å². The monoisotopic (exact) mass is 2110 g/mol. The van der Waals surface area contributed by atoms with Gasteiger partial charge in [-0.2, -0.15) is 58.6 Å². The molecule has 12 aromatic rings. The number of nitrogens with zero attached hydrogens (tertiary/aromatic N) is 4. The summed E-state index contributed by atoms with van der Waals surface area (Å²) >= 11 is 7.01. The van der Waals surface area contributed by atoms with E-state index in [0.717, 1.165) is 92.0 Å². The Labute approximate surface area is 870 Å². The van der Waals surface area contributed by atoms with Crippen LogP contribution >= 0.6 is 47.0 Å². The smallest absolute Gasteiger partial charge is 0.377 e. The quantitative estimate of drug-likeness (QED) is 0.0247. The zero-order valence-electron chi connectivity index (χ0n) is 84.5. The Kier molecular flexibility index (Phi) is 48.2. The van der Waals surface area contributed by atoms with Crippen LogP contribution in [0.2, 0.25) is 0 Å². The minimum atomic E-state index is -3.39. The molecule has 0 bridgehead atoms. The van der Waals surface area contributed by atoms with Gasteiger partial charge in [-0.15, -0.1) is 23.5 Å². The zero-order chi connectivity index (χ0) is 104. The molecule has 0 radical (unpaired) electrons. The molecule has 4 fully saturated rings. The van der Waals surface area contributed by atoms with Gasteiger partial charge < -0.3 is 18.9 Å². The zero-order valence-corrected chi connectivity index (χ0v) is 91.0. The van der Waals surface area contributed by atoms with E-state index in [4.69, 9.17) is 0 Å². The Morgan fingerprint density at radius 1 is 0.217 bits per heavy atom. The molecule has 143 heavy (non-hydrogen) atoms. The van der Waals surface area contributed by atoms with Crippen molar-refractivity contribution >= 4 is 115 Å². The molecule has 0 amide bonds. The number of rotatable bonds is 24. The van der Waals surface area contributed by atoms with Gasteiger partial charge in [0.2, 0.25) is 0 Å². The number of ether oxygens (including phenoxy) is 4. The summed E-state index contributed by atoms with van der Waals surface area (Å²) in [5, 5.41) is 0. The summed E-state index contributed by atoms with van der Waals surface area (Å²) in [6, 6.07) is 107. The van der Waals surface area contributed by atoms with Crippen molar-refractivity contribution in [3.05, 3.63) is 358 Å². The molecular weight excluding hydrogens is 1970 g/mol. The largest absolute Gasteiger partial charge is 0.445 e. The summed E-state index contributed by atoms with van der Waals surface area (Å²) in [7, 11) is -0.158. The number of hydrogen-bond acceptors (Lipinski definition) is 16. The van der Waals surface area contributed by atoms with Crippen molar-refractivity contribution in [2.75, 3.05) is 112 Å². The van der Waals surface area contributed by atoms with Crippen LogP contribution in [-0.4, -0.2) is 180 Å². The van der Waals surface area contributed by atoms with Crippen LogP contribution in [0.4, 0.5) is 35.1 Å². The lowest BCUT2D eigenvalue weighted by Crippen LogP contribution is -2.38. The fraction of sp³-hybridized carbons (Fsp3) is 0.339. The van der Waals surface area contributed by atoms with Crippen LogP contribution in [0.5, 0.6) is 0 Å². The molecule has 12 nitrogen and oxygen atoms in total. The predicted octanol–water partition coefficient (Wildman–Crippen LogP) is 27.9. The minimum Gasteiger partial charge on any atom is -0.445 e. The van der Waals surface area contributed by atoms with Gasteiger partial charge in [-0.1, -0.05) is 212 Å². The molecule has 0 N–H and O–H groups in total. The molecule has 4 saturated heterocycles. The highest BCUT2D eigenvalue weighted by atomic mass is 32.2. The molecule has 4 aliphatic heterocycles. The fourth-order valence-corrected chi connectivity index (χ4v) is 25.6. The highest BCUT2D eigenvalue weighted by Crippen LogP contribution is 2.38. The van der Waals surface area contributed by atoms with E-state index < -0.39 is 47.6 Å². The van der Waals surface area contributed by atoms with E-state index in [1.54, 1.807) is 33.3 Å². The third-order valence-electron chi connectivity index (χ3n) is 22.1. The van der Waals surface area contributed by atoms with Crippen molar-refractivity contribution in [3.8, 4) is 0 Å². The summed E-state index contributed by atoms with van der Waals surface area (Å²) < 4.78 is 117. The van der Waals surface area contributed by atoms with Crippen LogP contribution < -0.4 is 0 Å². The molecule has 16 rings (SSSR count). The van der Waals surface area contributed by atoms with E-state index in [2.05, 4.69) is 393 Å². The second kappa shape index (κ2) is 58.8. The first-order valence-electron chi connectivity index (χ1n) is 47.2. The fourth-order valence-electron chi connectivity index (χ4n) is 13.6. The van der Waals surface area contributed by atoms with Gasteiger partial charge in [-0.3, -0.25) is 19.6 Å². The van der Waals surface area contributed by atoms with Gasteiger partial charge in [-0.05, 0) is 241 Å². The van der Waals surface area contributed by atoms with Crippen molar-refractivity contribution in [1.82, 2.24) is 19.6 Å². The maximum atomic E-state index is 12.5. The molecule has 0 atom stereocenters. The van der Waals surface area contributed by atoms with E-state index in [1.807, 2.05) is 33.3 Å². The number of thioether (sulfide) groups is 4. The lowest BCUT2D eigenvalue weighted by atomic mass is 10.2. The number of hydrogen-bond donors (Lipinski definition) is 0. The Balaban J connectivity index is 0.000000184.